The Morgan fingerprint density at radius 1 is 0.727 bits per heavy atom. The summed E-state index contributed by atoms with van der Waals surface area (Å²) in [4.78, 5) is 0. The van der Waals surface area contributed by atoms with E-state index in [0.717, 1.165) is 31.4 Å². The lowest BCUT2D eigenvalue weighted by molar-refractivity contribution is 0.232. The van der Waals surface area contributed by atoms with E-state index in [0.29, 0.717) is 59.1 Å². The van der Waals surface area contributed by atoms with Gasteiger partial charge in [0, 0.05) is 23.3 Å². The Balaban J connectivity index is 1.57. The Morgan fingerprint density at radius 3 is 1.77 bits per heavy atom. The van der Waals surface area contributed by atoms with Gasteiger partial charge in [0.2, 0.25) is 0 Å². The first kappa shape index (κ1) is 32.8. The largest absolute Gasteiger partial charge is 0.507 e. The molecule has 2 atom stereocenters. The molecule has 0 radical (unpaired) electrons. The molecule has 3 aromatic carbocycles. The van der Waals surface area contributed by atoms with Crippen LogP contribution in [0.1, 0.15) is 90.2 Å². The Hall–Kier alpha value is -4.13. The van der Waals surface area contributed by atoms with Crippen molar-refractivity contribution in [1.82, 2.24) is 5.43 Å². The van der Waals surface area contributed by atoms with Crippen molar-refractivity contribution in [2.45, 2.75) is 79.1 Å². The van der Waals surface area contributed by atoms with Crippen molar-refractivity contribution < 1.29 is 19.7 Å². The summed E-state index contributed by atoms with van der Waals surface area (Å²) in [5.74, 6) is 2.44. The molecule has 44 heavy (non-hydrogen) atoms. The number of phenols is 2. The minimum Gasteiger partial charge on any atom is -0.507 e. The van der Waals surface area contributed by atoms with Gasteiger partial charge in [0.25, 0.3) is 0 Å². The van der Waals surface area contributed by atoms with Gasteiger partial charge in [-0.3, -0.25) is 5.43 Å². The lowest BCUT2D eigenvalue weighted by atomic mass is 10.0. The Bertz CT molecular complexity index is 1390. The quantitative estimate of drug-likeness (QED) is 0.144. The second kappa shape index (κ2) is 16.6. The molecular weight excluding hydrogens is 550 g/mol. The van der Waals surface area contributed by atoms with Crippen LogP contribution in [0.25, 0.3) is 5.70 Å². The molecule has 0 bridgehead atoms. The van der Waals surface area contributed by atoms with Gasteiger partial charge in [-0.25, -0.2) is 0 Å². The molecule has 4 rings (SSSR count). The molecule has 3 N–H and O–H groups in total. The van der Waals surface area contributed by atoms with Crippen LogP contribution in [0, 0.1) is 11.8 Å². The molecule has 3 aromatic rings. The Kier molecular flexibility index (Phi) is 12.4. The van der Waals surface area contributed by atoms with Crippen molar-refractivity contribution in [3.8, 4) is 23.0 Å². The van der Waals surface area contributed by atoms with Gasteiger partial charge >= 0.3 is 0 Å². The van der Waals surface area contributed by atoms with Crippen molar-refractivity contribution in [2.24, 2.45) is 16.9 Å². The zero-order valence-electron chi connectivity index (χ0n) is 26.8. The Labute approximate surface area is 263 Å². The summed E-state index contributed by atoms with van der Waals surface area (Å²) in [5, 5.41) is 28.6. The number of aromatic hydroxyl groups is 2. The molecular formula is C37H49N3O4. The molecule has 236 valence electrons. The highest BCUT2D eigenvalue weighted by Gasteiger charge is 2.22. The first-order valence-corrected chi connectivity index (χ1v) is 16.3. The van der Waals surface area contributed by atoms with Crippen molar-refractivity contribution in [3.63, 3.8) is 0 Å². The summed E-state index contributed by atoms with van der Waals surface area (Å²) in [6.07, 6.45) is 11.0. The van der Waals surface area contributed by atoms with Gasteiger partial charge in [0.05, 0.1) is 30.3 Å². The summed E-state index contributed by atoms with van der Waals surface area (Å²) in [6, 6.07) is 20.5. The van der Waals surface area contributed by atoms with Crippen LogP contribution in [0.5, 0.6) is 23.0 Å². The molecule has 0 saturated heterocycles. The average Bonchev–Trinajstić information content (AvgIpc) is 3.05. The normalized spacial score (nSPS) is 14.3. The molecule has 0 aromatic heterocycles. The third kappa shape index (κ3) is 8.94. The third-order valence-corrected chi connectivity index (χ3v) is 8.28. The number of nitrogens with zero attached hydrogens (tertiary/aromatic N) is 2. The summed E-state index contributed by atoms with van der Waals surface area (Å²) in [7, 11) is 0. The SMILES string of the molecule is CCCCC(CC)COc1ccc(C2=CC(c3ccc(OCC(CC)CCCC)cc3O)=NN(c3ccccc3)N2)c(O)c1. The zero-order chi connectivity index (χ0) is 31.3. The number of allylic oxidation sites excluding steroid dienone is 1. The van der Waals surface area contributed by atoms with Gasteiger partial charge in [-0.05, 0) is 67.2 Å². The highest BCUT2D eigenvalue weighted by atomic mass is 16.5. The summed E-state index contributed by atoms with van der Waals surface area (Å²) >= 11 is 0. The van der Waals surface area contributed by atoms with Crippen LogP contribution in [0.4, 0.5) is 5.69 Å². The van der Waals surface area contributed by atoms with E-state index >= 15 is 0 Å². The number of phenolic OH excluding ortho intramolecular Hbond substituents is 2. The van der Waals surface area contributed by atoms with E-state index < -0.39 is 0 Å². The molecule has 7 heteroatoms. The highest BCUT2D eigenvalue weighted by Crippen LogP contribution is 2.33. The van der Waals surface area contributed by atoms with Crippen molar-refractivity contribution in [3.05, 3.63) is 83.9 Å². The number of rotatable bonds is 17. The van der Waals surface area contributed by atoms with E-state index in [4.69, 9.17) is 14.6 Å². The van der Waals surface area contributed by atoms with Crippen LogP contribution >= 0.6 is 0 Å². The lowest BCUT2D eigenvalue weighted by Crippen LogP contribution is -2.36. The predicted molar refractivity (Wildman–Crippen MR) is 180 cm³/mol. The van der Waals surface area contributed by atoms with Crippen molar-refractivity contribution >= 4 is 17.1 Å². The molecule has 1 heterocycles. The second-order valence-electron chi connectivity index (χ2n) is 11.6. The Morgan fingerprint density at radius 2 is 1.27 bits per heavy atom. The topological polar surface area (TPSA) is 86.5 Å². The first-order valence-electron chi connectivity index (χ1n) is 16.3. The van der Waals surface area contributed by atoms with Gasteiger partial charge in [-0.15, -0.1) is 0 Å². The molecule has 7 nitrogen and oxygen atoms in total. The maximum atomic E-state index is 11.1. The third-order valence-electron chi connectivity index (χ3n) is 8.28. The second-order valence-corrected chi connectivity index (χ2v) is 11.6. The molecule has 0 saturated carbocycles. The number of ether oxygens (including phenoxy) is 2. The van der Waals surface area contributed by atoms with Crippen LogP contribution in [-0.2, 0) is 0 Å². The number of nitrogens with one attached hydrogen (secondary N) is 1. The number of hydrazone groups is 1. The van der Waals surface area contributed by atoms with Crippen LogP contribution < -0.4 is 20.0 Å². The fraction of sp³-hybridized carbons (Fsp3) is 0.432. The van der Waals surface area contributed by atoms with Crippen molar-refractivity contribution in [1.29, 1.82) is 0 Å². The summed E-state index contributed by atoms with van der Waals surface area (Å²) in [5.41, 5.74) is 6.47. The molecule has 0 amide bonds. The van der Waals surface area contributed by atoms with Crippen LogP contribution in [0.15, 0.2) is 77.9 Å². The predicted octanol–water partition coefficient (Wildman–Crippen LogP) is 9.06. The van der Waals surface area contributed by atoms with Crippen molar-refractivity contribution in [2.75, 3.05) is 18.3 Å². The number of hydrazine groups is 1. The number of benzene rings is 3. The van der Waals surface area contributed by atoms with Crippen LogP contribution in [0.3, 0.4) is 0 Å². The number of hydrogen-bond donors (Lipinski definition) is 3. The van der Waals surface area contributed by atoms with Gasteiger partial charge in [0.15, 0.2) is 0 Å². The number of anilines is 1. The van der Waals surface area contributed by atoms with Gasteiger partial charge in [-0.2, -0.15) is 10.2 Å². The number of unbranched alkanes of at least 4 members (excludes halogenated alkanes) is 2. The monoisotopic (exact) mass is 599 g/mol. The first-order chi connectivity index (χ1) is 21.4. The van der Waals surface area contributed by atoms with Gasteiger partial charge < -0.3 is 19.7 Å². The lowest BCUT2D eigenvalue weighted by Gasteiger charge is -2.28. The fourth-order valence-electron chi connectivity index (χ4n) is 5.28. The van der Waals surface area contributed by atoms with E-state index in [1.807, 2.05) is 60.7 Å². The van der Waals surface area contributed by atoms with Crippen LogP contribution in [-0.4, -0.2) is 29.1 Å². The van der Waals surface area contributed by atoms with Gasteiger partial charge in [-0.1, -0.05) is 84.4 Å². The average molecular weight is 600 g/mol. The van der Waals surface area contributed by atoms with E-state index in [-0.39, 0.29) is 11.5 Å². The standard InChI is InChI=1S/C37H49N3O4/c1-5-9-14-27(7-3)25-43-30-18-20-32(36(41)22-30)34-24-35(39-40(38-34)29-16-12-11-13-17-29)33-21-19-31(23-37(33)42)44-26-28(8-4)15-10-6-2/h11-13,16-24,27-28,38,41-42H,5-10,14-15,25-26H2,1-4H3. The fourth-order valence-corrected chi connectivity index (χ4v) is 5.28. The molecule has 0 fully saturated rings. The minimum atomic E-state index is 0.0786. The molecule has 0 aliphatic carbocycles. The maximum Gasteiger partial charge on any atom is 0.128 e. The van der Waals surface area contributed by atoms with E-state index in [9.17, 15) is 10.2 Å². The molecule has 1 aliphatic heterocycles. The van der Waals surface area contributed by atoms with Gasteiger partial charge in [0.1, 0.15) is 23.0 Å². The van der Waals surface area contributed by atoms with E-state index in [1.165, 1.54) is 25.7 Å². The zero-order valence-corrected chi connectivity index (χ0v) is 26.8. The van der Waals surface area contributed by atoms with E-state index in [2.05, 4.69) is 33.1 Å². The maximum absolute atomic E-state index is 11.1. The number of hydrogen-bond acceptors (Lipinski definition) is 7. The number of para-hydroxylation sites is 1. The highest BCUT2D eigenvalue weighted by molar-refractivity contribution is 6.15. The summed E-state index contributed by atoms with van der Waals surface area (Å²) < 4.78 is 12.1. The molecule has 2 unspecified atom stereocenters. The summed E-state index contributed by atoms with van der Waals surface area (Å²) in [6.45, 7) is 10.0. The van der Waals surface area contributed by atoms with Crippen LogP contribution in [0.2, 0.25) is 0 Å². The molecule has 1 aliphatic rings. The van der Waals surface area contributed by atoms with E-state index in [1.54, 1.807) is 17.3 Å². The smallest absolute Gasteiger partial charge is 0.128 e. The molecule has 0 spiro atoms. The minimum absolute atomic E-state index is 0.0786.